The van der Waals surface area contributed by atoms with Crippen LogP contribution in [0.25, 0.3) is 0 Å². The molecule has 1 N–H and O–H groups in total. The normalized spacial score (nSPS) is 9.50. The first-order chi connectivity index (χ1) is 5.70. The van der Waals surface area contributed by atoms with Gasteiger partial charge in [0, 0.05) is 0 Å². The van der Waals surface area contributed by atoms with Gasteiger partial charge in [-0.3, -0.25) is 0 Å². The largest absolute Gasteiger partial charge is 0.492 e. The van der Waals surface area contributed by atoms with E-state index in [2.05, 4.69) is 4.74 Å². The molecule has 1 heterocycles. The summed E-state index contributed by atoms with van der Waals surface area (Å²) in [6.45, 7) is 0. The number of carboxylic acids is 1. The summed E-state index contributed by atoms with van der Waals surface area (Å²) in [7, 11) is 2.68. The SMILES string of the molecule is COc1coc(OC)c1C(=O)O. The van der Waals surface area contributed by atoms with Gasteiger partial charge < -0.3 is 19.0 Å². The third-order valence-corrected chi connectivity index (χ3v) is 1.34. The minimum absolute atomic E-state index is 0.0562. The molecular formula is C7H8O5. The first-order valence-electron chi connectivity index (χ1n) is 3.13. The van der Waals surface area contributed by atoms with E-state index in [-0.39, 0.29) is 17.3 Å². The predicted molar refractivity (Wildman–Crippen MR) is 38.8 cm³/mol. The second-order valence-corrected chi connectivity index (χ2v) is 1.98. The van der Waals surface area contributed by atoms with E-state index in [0.29, 0.717) is 0 Å². The van der Waals surface area contributed by atoms with Gasteiger partial charge in [-0.2, -0.15) is 0 Å². The van der Waals surface area contributed by atoms with E-state index in [1.165, 1.54) is 20.5 Å². The van der Waals surface area contributed by atoms with Crippen LogP contribution in [0.15, 0.2) is 10.7 Å². The van der Waals surface area contributed by atoms with Crippen LogP contribution >= 0.6 is 0 Å². The van der Waals surface area contributed by atoms with Crippen LogP contribution in [-0.2, 0) is 0 Å². The molecule has 0 saturated carbocycles. The fourth-order valence-corrected chi connectivity index (χ4v) is 0.819. The van der Waals surface area contributed by atoms with Gasteiger partial charge in [-0.05, 0) is 0 Å². The minimum atomic E-state index is -1.14. The van der Waals surface area contributed by atoms with Crippen molar-refractivity contribution in [3.8, 4) is 11.7 Å². The van der Waals surface area contributed by atoms with Gasteiger partial charge in [-0.15, -0.1) is 0 Å². The number of methoxy groups -OCH3 is 2. The lowest BCUT2D eigenvalue weighted by molar-refractivity contribution is 0.0687. The van der Waals surface area contributed by atoms with Crippen LogP contribution in [0.3, 0.4) is 0 Å². The molecule has 0 saturated heterocycles. The van der Waals surface area contributed by atoms with Gasteiger partial charge >= 0.3 is 11.9 Å². The van der Waals surface area contributed by atoms with Crippen LogP contribution in [0.1, 0.15) is 10.4 Å². The molecule has 0 aliphatic heterocycles. The molecule has 12 heavy (non-hydrogen) atoms. The van der Waals surface area contributed by atoms with Crippen molar-refractivity contribution in [3.05, 3.63) is 11.8 Å². The van der Waals surface area contributed by atoms with E-state index < -0.39 is 5.97 Å². The van der Waals surface area contributed by atoms with Gasteiger partial charge in [-0.1, -0.05) is 0 Å². The van der Waals surface area contributed by atoms with Crippen LogP contribution in [0, 0.1) is 0 Å². The van der Waals surface area contributed by atoms with E-state index in [9.17, 15) is 4.79 Å². The average Bonchev–Trinajstić information content (AvgIpc) is 2.46. The average molecular weight is 172 g/mol. The Hall–Kier alpha value is -1.65. The Kier molecular flexibility index (Phi) is 2.23. The summed E-state index contributed by atoms with van der Waals surface area (Å²) in [4.78, 5) is 10.6. The fraction of sp³-hybridized carbons (Fsp3) is 0.286. The monoisotopic (exact) mass is 172 g/mol. The lowest BCUT2D eigenvalue weighted by Crippen LogP contribution is -1.99. The second kappa shape index (κ2) is 3.17. The van der Waals surface area contributed by atoms with Crippen molar-refractivity contribution in [1.29, 1.82) is 0 Å². The van der Waals surface area contributed by atoms with E-state index in [0.717, 1.165) is 0 Å². The molecule has 0 atom stereocenters. The number of hydrogen-bond acceptors (Lipinski definition) is 4. The van der Waals surface area contributed by atoms with Crippen molar-refractivity contribution in [2.45, 2.75) is 0 Å². The lowest BCUT2D eigenvalue weighted by Gasteiger charge is -1.97. The highest BCUT2D eigenvalue weighted by molar-refractivity contribution is 5.93. The van der Waals surface area contributed by atoms with Gasteiger partial charge in [0.15, 0.2) is 11.3 Å². The molecule has 0 radical (unpaired) electrons. The Morgan fingerprint density at radius 2 is 2.17 bits per heavy atom. The summed E-state index contributed by atoms with van der Waals surface area (Å²) in [5, 5.41) is 8.68. The van der Waals surface area contributed by atoms with Crippen molar-refractivity contribution >= 4 is 5.97 Å². The predicted octanol–water partition coefficient (Wildman–Crippen LogP) is 0.995. The molecule has 1 aromatic rings. The Bertz CT molecular complexity index is 266. The van der Waals surface area contributed by atoms with E-state index >= 15 is 0 Å². The molecule has 5 nitrogen and oxygen atoms in total. The highest BCUT2D eigenvalue weighted by atomic mass is 16.6. The summed E-state index contributed by atoms with van der Waals surface area (Å²) < 4.78 is 14.2. The molecule has 0 unspecified atom stereocenters. The van der Waals surface area contributed by atoms with Crippen molar-refractivity contribution in [2.24, 2.45) is 0 Å². The third-order valence-electron chi connectivity index (χ3n) is 1.34. The number of ether oxygens (including phenoxy) is 2. The molecule has 0 aromatic carbocycles. The molecule has 0 aliphatic rings. The number of furan rings is 1. The quantitative estimate of drug-likeness (QED) is 0.736. The first kappa shape index (κ1) is 8.45. The fourth-order valence-electron chi connectivity index (χ4n) is 0.819. The van der Waals surface area contributed by atoms with Gasteiger partial charge in [0.1, 0.15) is 6.26 Å². The molecule has 5 heteroatoms. The number of rotatable bonds is 3. The van der Waals surface area contributed by atoms with Crippen LogP contribution in [0.4, 0.5) is 0 Å². The van der Waals surface area contributed by atoms with E-state index in [1.807, 2.05) is 0 Å². The van der Waals surface area contributed by atoms with Crippen molar-refractivity contribution in [3.63, 3.8) is 0 Å². The molecular weight excluding hydrogens is 164 g/mol. The summed E-state index contributed by atoms with van der Waals surface area (Å²) >= 11 is 0. The Morgan fingerprint density at radius 1 is 1.50 bits per heavy atom. The minimum Gasteiger partial charge on any atom is -0.492 e. The Morgan fingerprint density at radius 3 is 2.58 bits per heavy atom. The third kappa shape index (κ3) is 1.20. The van der Waals surface area contributed by atoms with Crippen molar-refractivity contribution in [2.75, 3.05) is 14.2 Å². The maximum Gasteiger partial charge on any atom is 0.346 e. The zero-order valence-electron chi connectivity index (χ0n) is 6.66. The van der Waals surface area contributed by atoms with Gasteiger partial charge in [-0.25, -0.2) is 4.79 Å². The zero-order chi connectivity index (χ0) is 9.14. The maximum atomic E-state index is 10.6. The molecule has 0 spiro atoms. The molecule has 0 amide bonds. The highest BCUT2D eigenvalue weighted by Gasteiger charge is 2.21. The Labute approximate surface area is 68.5 Å². The summed E-state index contributed by atoms with van der Waals surface area (Å²) in [6, 6.07) is 0. The molecule has 0 aliphatic carbocycles. The number of carboxylic acid groups (broad SMARTS) is 1. The number of aromatic carboxylic acids is 1. The van der Waals surface area contributed by atoms with Gasteiger partial charge in [0.2, 0.25) is 0 Å². The van der Waals surface area contributed by atoms with Crippen LogP contribution < -0.4 is 9.47 Å². The lowest BCUT2D eigenvalue weighted by atomic mass is 10.3. The van der Waals surface area contributed by atoms with E-state index in [4.69, 9.17) is 14.3 Å². The molecule has 1 aromatic heterocycles. The number of hydrogen-bond donors (Lipinski definition) is 1. The Balaban J connectivity index is 3.16. The van der Waals surface area contributed by atoms with Crippen molar-refractivity contribution < 1.29 is 23.8 Å². The topological polar surface area (TPSA) is 68.9 Å². The molecule has 0 bridgehead atoms. The number of carbonyl (C=O) groups is 1. The smallest absolute Gasteiger partial charge is 0.346 e. The van der Waals surface area contributed by atoms with Crippen molar-refractivity contribution in [1.82, 2.24) is 0 Å². The highest BCUT2D eigenvalue weighted by Crippen LogP contribution is 2.30. The zero-order valence-corrected chi connectivity index (χ0v) is 6.66. The standard InChI is InChI=1S/C7H8O5/c1-10-4-3-12-7(11-2)5(4)6(8)9/h3H,1-2H3,(H,8,9). The maximum absolute atomic E-state index is 10.6. The van der Waals surface area contributed by atoms with Gasteiger partial charge in [0.25, 0.3) is 0 Å². The van der Waals surface area contributed by atoms with Crippen LogP contribution in [0.5, 0.6) is 11.7 Å². The van der Waals surface area contributed by atoms with Crippen LogP contribution in [-0.4, -0.2) is 25.3 Å². The molecule has 0 fully saturated rings. The van der Waals surface area contributed by atoms with Gasteiger partial charge in [0.05, 0.1) is 14.2 Å². The summed E-state index contributed by atoms with van der Waals surface area (Å²) in [6.07, 6.45) is 1.18. The van der Waals surface area contributed by atoms with E-state index in [1.54, 1.807) is 0 Å². The second-order valence-electron chi connectivity index (χ2n) is 1.98. The summed E-state index contributed by atoms with van der Waals surface area (Å²) in [5.74, 6) is -1.05. The van der Waals surface area contributed by atoms with Crippen LogP contribution in [0.2, 0.25) is 0 Å². The summed E-state index contributed by atoms with van der Waals surface area (Å²) in [5.41, 5.74) is -0.0972. The first-order valence-corrected chi connectivity index (χ1v) is 3.13. The molecule has 66 valence electrons. The molecule has 1 rings (SSSR count).